The predicted octanol–water partition coefficient (Wildman–Crippen LogP) is -1.02. The van der Waals surface area contributed by atoms with E-state index < -0.39 is 10.0 Å². The molecule has 1 radical (unpaired) electrons. The minimum atomic E-state index is -3.38. The van der Waals surface area contributed by atoms with Crippen LogP contribution in [0.15, 0.2) is 12.7 Å². The third kappa shape index (κ3) is 2.73. The molecule has 0 heterocycles. The van der Waals surface area contributed by atoms with E-state index in [0.717, 1.165) is 0 Å². The monoisotopic (exact) mass is 135 g/mol. The van der Waals surface area contributed by atoms with Crippen LogP contribution >= 0.6 is 0 Å². The molecule has 0 rings (SSSR count). The summed E-state index contributed by atoms with van der Waals surface area (Å²) in [5, 5.41) is 0. The smallest absolute Gasteiger partial charge is 0.238 e. The van der Waals surface area contributed by atoms with Crippen LogP contribution in [0.4, 0.5) is 0 Å². The molecule has 0 aliphatic heterocycles. The molecule has 0 bridgehead atoms. The van der Waals surface area contributed by atoms with Gasteiger partial charge in [-0.25, -0.2) is 14.3 Å². The quantitative estimate of drug-likeness (QED) is 0.306. The number of nitrogens with zero attached hydrogens (tertiary/aromatic N) is 1. The van der Waals surface area contributed by atoms with Gasteiger partial charge in [0.2, 0.25) is 10.0 Å². The standard InChI is InChI=1S/C3H7N2O2S/c1-2-3-8(6,7)5-4/h2H,1,3-4H2. The number of rotatable bonds is 3. The summed E-state index contributed by atoms with van der Waals surface area (Å²) in [5.41, 5.74) is 0. The molecular weight excluding hydrogens is 128 g/mol. The number of hydrogen-bond donors (Lipinski definition) is 1. The average molecular weight is 135 g/mol. The molecular formula is C3H7N2O2S. The van der Waals surface area contributed by atoms with Crippen molar-refractivity contribution < 1.29 is 8.42 Å². The lowest BCUT2D eigenvalue weighted by molar-refractivity contribution is 0.586. The number of nitrogens with two attached hydrogens (primary N) is 1. The van der Waals surface area contributed by atoms with Gasteiger partial charge in [0.05, 0.1) is 5.75 Å². The summed E-state index contributed by atoms with van der Waals surface area (Å²) in [5.74, 6) is 4.29. The first-order chi connectivity index (χ1) is 3.62. The molecule has 5 heteroatoms. The van der Waals surface area contributed by atoms with Gasteiger partial charge in [0.1, 0.15) is 0 Å². The Balaban J connectivity index is 3.94. The van der Waals surface area contributed by atoms with Gasteiger partial charge in [0.25, 0.3) is 0 Å². The second kappa shape index (κ2) is 2.81. The second-order valence-electron chi connectivity index (χ2n) is 1.14. The molecule has 8 heavy (non-hydrogen) atoms. The van der Waals surface area contributed by atoms with Gasteiger partial charge in [0, 0.05) is 0 Å². The molecule has 0 saturated carbocycles. The van der Waals surface area contributed by atoms with Crippen LogP contribution in [-0.4, -0.2) is 14.2 Å². The van der Waals surface area contributed by atoms with Gasteiger partial charge in [-0.2, -0.15) is 0 Å². The summed E-state index contributed by atoms with van der Waals surface area (Å²) in [4.78, 5) is 2.61. The Morgan fingerprint density at radius 1 is 1.75 bits per heavy atom. The third-order valence-electron chi connectivity index (χ3n) is 0.489. The molecule has 0 aromatic carbocycles. The Hall–Kier alpha value is -0.390. The first-order valence-electron chi connectivity index (χ1n) is 1.88. The van der Waals surface area contributed by atoms with Crippen LogP contribution < -0.4 is 10.7 Å². The van der Waals surface area contributed by atoms with Gasteiger partial charge in [-0.05, 0) is 4.83 Å². The van der Waals surface area contributed by atoms with Gasteiger partial charge >= 0.3 is 0 Å². The maximum atomic E-state index is 10.2. The fraction of sp³-hybridized carbons (Fsp3) is 0.333. The van der Waals surface area contributed by atoms with Gasteiger partial charge in [-0.15, -0.1) is 6.58 Å². The molecule has 0 spiro atoms. The molecule has 0 amide bonds. The van der Waals surface area contributed by atoms with Crippen molar-refractivity contribution in [2.75, 3.05) is 5.75 Å². The summed E-state index contributed by atoms with van der Waals surface area (Å²) in [6, 6.07) is 0. The molecule has 0 atom stereocenters. The molecule has 0 aliphatic rings. The third-order valence-corrected chi connectivity index (χ3v) is 1.47. The molecule has 0 fully saturated rings. The van der Waals surface area contributed by atoms with Crippen LogP contribution in [0.25, 0.3) is 0 Å². The number of sulfonamides is 1. The zero-order valence-electron chi connectivity index (χ0n) is 4.24. The van der Waals surface area contributed by atoms with Gasteiger partial charge in [-0.1, -0.05) is 6.08 Å². The van der Waals surface area contributed by atoms with E-state index in [9.17, 15) is 8.42 Å². The topological polar surface area (TPSA) is 74.3 Å². The molecule has 0 aromatic rings. The van der Waals surface area contributed by atoms with Crippen LogP contribution in [0.2, 0.25) is 0 Å². The lowest BCUT2D eigenvalue weighted by Crippen LogP contribution is -2.23. The van der Waals surface area contributed by atoms with Crippen LogP contribution in [0.5, 0.6) is 0 Å². The Bertz CT molecular complexity index is 160. The average Bonchev–Trinajstić information content (AvgIpc) is 1.67. The van der Waals surface area contributed by atoms with E-state index in [4.69, 9.17) is 0 Å². The van der Waals surface area contributed by atoms with Crippen LogP contribution in [0, 0.1) is 0 Å². The summed E-state index contributed by atoms with van der Waals surface area (Å²) in [6.45, 7) is 3.20. The fourth-order valence-electron chi connectivity index (χ4n) is 0.192. The van der Waals surface area contributed by atoms with Gasteiger partial charge in [0.15, 0.2) is 0 Å². The van der Waals surface area contributed by atoms with Crippen molar-refractivity contribution in [3.05, 3.63) is 12.7 Å². The van der Waals surface area contributed by atoms with E-state index in [0.29, 0.717) is 0 Å². The van der Waals surface area contributed by atoms with Crippen molar-refractivity contribution in [1.82, 2.24) is 4.83 Å². The van der Waals surface area contributed by atoms with Crippen molar-refractivity contribution in [2.45, 2.75) is 0 Å². The van der Waals surface area contributed by atoms with E-state index >= 15 is 0 Å². The lowest BCUT2D eigenvalue weighted by Gasteiger charge is -1.89. The van der Waals surface area contributed by atoms with Crippen molar-refractivity contribution in [2.24, 2.45) is 5.84 Å². The van der Waals surface area contributed by atoms with Crippen LogP contribution in [0.3, 0.4) is 0 Å². The van der Waals surface area contributed by atoms with Crippen molar-refractivity contribution >= 4 is 10.0 Å². The fourth-order valence-corrected chi connectivity index (χ4v) is 0.576. The SMILES string of the molecule is C=CCS(=O)(=O)[N]N. The van der Waals surface area contributed by atoms with Crippen molar-refractivity contribution in [3.8, 4) is 0 Å². The zero-order valence-corrected chi connectivity index (χ0v) is 5.06. The predicted molar refractivity (Wildman–Crippen MR) is 30.3 cm³/mol. The molecule has 0 unspecified atom stereocenters. The molecule has 47 valence electrons. The molecule has 4 nitrogen and oxygen atoms in total. The lowest BCUT2D eigenvalue weighted by atomic mass is 10.8. The highest BCUT2D eigenvalue weighted by atomic mass is 32.2. The highest BCUT2D eigenvalue weighted by Gasteiger charge is 2.03. The Morgan fingerprint density at radius 3 is 2.38 bits per heavy atom. The van der Waals surface area contributed by atoms with E-state index in [2.05, 4.69) is 17.3 Å². The first kappa shape index (κ1) is 7.61. The van der Waals surface area contributed by atoms with Gasteiger partial charge in [-0.3, -0.25) is 0 Å². The van der Waals surface area contributed by atoms with Crippen molar-refractivity contribution in [3.63, 3.8) is 0 Å². The summed E-state index contributed by atoms with van der Waals surface area (Å²) < 4.78 is 20.5. The second-order valence-corrected chi connectivity index (χ2v) is 2.85. The van der Waals surface area contributed by atoms with Crippen LogP contribution in [0.1, 0.15) is 0 Å². The minimum absolute atomic E-state index is 0.191. The first-order valence-corrected chi connectivity index (χ1v) is 3.49. The normalized spacial score (nSPS) is 11.1. The minimum Gasteiger partial charge on any atom is -0.238 e. The molecule has 0 aliphatic carbocycles. The van der Waals surface area contributed by atoms with Gasteiger partial charge < -0.3 is 0 Å². The highest BCUT2D eigenvalue weighted by Crippen LogP contribution is 1.80. The Morgan fingerprint density at radius 2 is 2.25 bits per heavy atom. The number of hydrogen-bond acceptors (Lipinski definition) is 3. The van der Waals surface area contributed by atoms with E-state index in [1.165, 1.54) is 6.08 Å². The van der Waals surface area contributed by atoms with E-state index in [-0.39, 0.29) is 5.75 Å². The Labute approximate surface area is 48.4 Å². The zero-order chi connectivity index (χ0) is 6.62. The molecule has 0 saturated heterocycles. The Kier molecular flexibility index (Phi) is 2.67. The largest absolute Gasteiger partial charge is 0.245 e. The maximum absolute atomic E-state index is 10.2. The summed E-state index contributed by atoms with van der Waals surface area (Å²) >= 11 is 0. The summed E-state index contributed by atoms with van der Waals surface area (Å²) in [7, 11) is -3.38. The van der Waals surface area contributed by atoms with E-state index in [1.54, 1.807) is 0 Å². The highest BCUT2D eigenvalue weighted by molar-refractivity contribution is 7.89. The van der Waals surface area contributed by atoms with Crippen molar-refractivity contribution in [1.29, 1.82) is 0 Å². The summed E-state index contributed by atoms with van der Waals surface area (Å²) in [6.07, 6.45) is 1.23. The van der Waals surface area contributed by atoms with Crippen LogP contribution in [-0.2, 0) is 10.0 Å². The molecule has 0 aromatic heterocycles. The maximum Gasteiger partial charge on any atom is 0.245 e. The van der Waals surface area contributed by atoms with E-state index in [1.807, 2.05) is 0 Å². The molecule has 2 N–H and O–H groups in total.